The fourth-order valence-electron chi connectivity index (χ4n) is 3.28. The molecule has 0 aliphatic heterocycles. The van der Waals surface area contributed by atoms with Crippen molar-refractivity contribution in [3.05, 3.63) is 57.9 Å². The molecular weight excluding hydrogens is 280 g/mol. The van der Waals surface area contributed by atoms with Crippen LogP contribution < -0.4 is 5.32 Å². The van der Waals surface area contributed by atoms with Crippen molar-refractivity contribution < 1.29 is 0 Å². The van der Waals surface area contributed by atoms with Gasteiger partial charge in [-0.25, -0.2) is 0 Å². The first-order valence-corrected chi connectivity index (χ1v) is 8.16. The van der Waals surface area contributed by atoms with Crippen LogP contribution in [0, 0.1) is 6.92 Å². The third-order valence-corrected chi connectivity index (χ3v) is 4.82. The molecule has 0 fully saturated rings. The Morgan fingerprint density at radius 2 is 2.14 bits per heavy atom. The van der Waals surface area contributed by atoms with Crippen LogP contribution in [0.2, 0.25) is 5.02 Å². The van der Waals surface area contributed by atoms with Crippen LogP contribution in [0.5, 0.6) is 0 Å². The zero-order valence-corrected chi connectivity index (χ0v) is 13.6. The predicted octanol–water partition coefficient (Wildman–Crippen LogP) is 4.49. The van der Waals surface area contributed by atoms with Crippen LogP contribution in [-0.4, -0.2) is 11.6 Å². The van der Waals surface area contributed by atoms with Gasteiger partial charge in [-0.1, -0.05) is 30.2 Å². The number of aromatic nitrogens is 1. The van der Waals surface area contributed by atoms with Crippen LogP contribution in [0.1, 0.15) is 47.6 Å². The lowest BCUT2D eigenvalue weighted by Gasteiger charge is -2.13. The second-order valence-electron chi connectivity index (χ2n) is 6.09. The summed E-state index contributed by atoms with van der Waals surface area (Å²) in [5.74, 6) is 0. The van der Waals surface area contributed by atoms with Gasteiger partial charge in [-0.2, -0.15) is 0 Å². The number of halogens is 1. The molecule has 1 unspecified atom stereocenters. The van der Waals surface area contributed by atoms with Crippen LogP contribution in [-0.2, 0) is 13.0 Å². The number of aryl methyl sites for hydroxylation is 2. The van der Waals surface area contributed by atoms with E-state index in [-0.39, 0.29) is 0 Å². The van der Waals surface area contributed by atoms with Crippen LogP contribution in [0.4, 0.5) is 0 Å². The third kappa shape index (κ3) is 3.17. The molecule has 0 radical (unpaired) electrons. The molecule has 21 heavy (non-hydrogen) atoms. The molecule has 2 aromatic rings. The maximum atomic E-state index is 6.36. The largest absolute Gasteiger partial charge is 0.349 e. The highest BCUT2D eigenvalue weighted by atomic mass is 35.5. The molecule has 1 aromatic carbocycles. The average Bonchev–Trinajstić information content (AvgIpc) is 2.75. The van der Waals surface area contributed by atoms with E-state index in [1.165, 1.54) is 47.9 Å². The third-order valence-electron chi connectivity index (χ3n) is 4.47. The fraction of sp³-hybridized carbons (Fsp3) is 0.444. The minimum Gasteiger partial charge on any atom is -0.349 e. The van der Waals surface area contributed by atoms with E-state index in [0.29, 0.717) is 6.04 Å². The molecule has 1 aromatic heterocycles. The summed E-state index contributed by atoms with van der Waals surface area (Å²) in [5.41, 5.74) is 5.36. The van der Waals surface area contributed by atoms with Crippen molar-refractivity contribution in [2.45, 2.75) is 45.2 Å². The van der Waals surface area contributed by atoms with Gasteiger partial charge in [0.1, 0.15) is 0 Å². The summed E-state index contributed by atoms with van der Waals surface area (Å²) in [7, 11) is 2.06. The second-order valence-corrected chi connectivity index (χ2v) is 6.50. The van der Waals surface area contributed by atoms with Crippen LogP contribution in [0.3, 0.4) is 0 Å². The number of nitrogens with one attached hydrogen (secondary N) is 1. The Morgan fingerprint density at radius 3 is 2.90 bits per heavy atom. The van der Waals surface area contributed by atoms with Gasteiger partial charge in [0, 0.05) is 30.0 Å². The average molecular weight is 303 g/mol. The van der Waals surface area contributed by atoms with Gasteiger partial charge in [0.2, 0.25) is 0 Å². The Hall–Kier alpha value is -1.25. The summed E-state index contributed by atoms with van der Waals surface area (Å²) in [6.45, 7) is 2.92. The van der Waals surface area contributed by atoms with E-state index in [9.17, 15) is 0 Å². The van der Waals surface area contributed by atoms with Gasteiger partial charge in [-0.3, -0.25) is 0 Å². The molecule has 0 spiro atoms. The molecule has 112 valence electrons. The smallest absolute Gasteiger partial charge is 0.0485 e. The van der Waals surface area contributed by atoms with Crippen LogP contribution >= 0.6 is 11.6 Å². The summed E-state index contributed by atoms with van der Waals surface area (Å²) in [5, 5.41) is 4.32. The van der Waals surface area contributed by atoms with E-state index in [0.717, 1.165) is 11.6 Å². The van der Waals surface area contributed by atoms with Crippen molar-refractivity contribution in [1.29, 1.82) is 0 Å². The summed E-state index contributed by atoms with van der Waals surface area (Å²) in [6, 6.07) is 6.81. The molecule has 1 heterocycles. The maximum absolute atomic E-state index is 6.36. The van der Waals surface area contributed by atoms with Crippen LogP contribution in [0.25, 0.3) is 0 Å². The SMILES string of the molecule is CNC1CCCCc2cn(Cc3ccc(C)cc3Cl)cc21. The quantitative estimate of drug-likeness (QED) is 0.827. The summed E-state index contributed by atoms with van der Waals surface area (Å²) >= 11 is 6.36. The maximum Gasteiger partial charge on any atom is 0.0485 e. The lowest BCUT2D eigenvalue weighted by Crippen LogP contribution is -2.15. The molecule has 3 heteroatoms. The minimum atomic E-state index is 0.497. The van der Waals surface area contributed by atoms with Crippen molar-refractivity contribution in [3.63, 3.8) is 0 Å². The number of hydrogen-bond acceptors (Lipinski definition) is 1. The lowest BCUT2D eigenvalue weighted by molar-refractivity contribution is 0.531. The lowest BCUT2D eigenvalue weighted by atomic mass is 10.1. The molecule has 1 aliphatic rings. The zero-order valence-electron chi connectivity index (χ0n) is 12.8. The second kappa shape index (κ2) is 6.25. The highest BCUT2D eigenvalue weighted by Crippen LogP contribution is 2.30. The molecule has 3 rings (SSSR count). The number of benzene rings is 1. The van der Waals surface area contributed by atoms with Crippen LogP contribution in [0.15, 0.2) is 30.6 Å². The first-order valence-electron chi connectivity index (χ1n) is 7.78. The topological polar surface area (TPSA) is 17.0 Å². The Morgan fingerprint density at radius 1 is 1.29 bits per heavy atom. The van der Waals surface area contributed by atoms with Crippen molar-refractivity contribution in [2.75, 3.05) is 7.05 Å². The molecule has 0 bridgehead atoms. The Kier molecular flexibility index (Phi) is 4.37. The molecule has 1 atom stereocenters. The Balaban J connectivity index is 1.87. The summed E-state index contributed by atoms with van der Waals surface area (Å²) in [4.78, 5) is 0. The molecule has 0 saturated heterocycles. The van der Waals surface area contributed by atoms with E-state index in [2.05, 4.69) is 48.4 Å². The van der Waals surface area contributed by atoms with Gasteiger partial charge in [0.15, 0.2) is 0 Å². The monoisotopic (exact) mass is 302 g/mol. The van der Waals surface area contributed by atoms with Crippen molar-refractivity contribution in [1.82, 2.24) is 9.88 Å². The highest BCUT2D eigenvalue weighted by Gasteiger charge is 2.19. The van der Waals surface area contributed by atoms with Gasteiger partial charge >= 0.3 is 0 Å². The molecule has 0 amide bonds. The molecule has 1 N–H and O–H groups in total. The van der Waals surface area contributed by atoms with E-state index < -0.39 is 0 Å². The molecule has 2 nitrogen and oxygen atoms in total. The Bertz CT molecular complexity index is 630. The van der Waals surface area contributed by atoms with E-state index in [1.807, 2.05) is 6.07 Å². The summed E-state index contributed by atoms with van der Waals surface area (Å²) in [6.07, 6.45) is 9.64. The van der Waals surface area contributed by atoms with Gasteiger partial charge in [0.05, 0.1) is 0 Å². The van der Waals surface area contributed by atoms with Crippen molar-refractivity contribution in [2.24, 2.45) is 0 Å². The van der Waals surface area contributed by atoms with E-state index in [1.54, 1.807) is 0 Å². The molecular formula is C18H23ClN2. The van der Waals surface area contributed by atoms with Crippen molar-refractivity contribution in [3.8, 4) is 0 Å². The number of nitrogens with zero attached hydrogens (tertiary/aromatic N) is 1. The first kappa shape index (κ1) is 14.7. The number of fused-ring (bicyclic) bond motifs is 1. The normalized spacial score (nSPS) is 18.3. The van der Waals surface area contributed by atoms with E-state index >= 15 is 0 Å². The fourth-order valence-corrected chi connectivity index (χ4v) is 3.58. The van der Waals surface area contributed by atoms with Crippen molar-refractivity contribution >= 4 is 11.6 Å². The standard InChI is InChI=1S/C18H23ClN2/c1-13-7-8-15(17(19)9-13)11-21-10-14-5-3-4-6-18(20-2)16(14)12-21/h7-10,12,18,20H,3-6,11H2,1-2H3. The van der Waals surface area contributed by atoms with E-state index in [4.69, 9.17) is 11.6 Å². The van der Waals surface area contributed by atoms with Gasteiger partial charge in [-0.05, 0) is 61.6 Å². The zero-order chi connectivity index (χ0) is 14.8. The van der Waals surface area contributed by atoms with Gasteiger partial charge < -0.3 is 9.88 Å². The highest BCUT2D eigenvalue weighted by molar-refractivity contribution is 6.31. The Labute approximate surface area is 132 Å². The van der Waals surface area contributed by atoms with Gasteiger partial charge in [-0.15, -0.1) is 0 Å². The molecule has 1 aliphatic carbocycles. The molecule has 0 saturated carbocycles. The first-order chi connectivity index (χ1) is 10.2. The minimum absolute atomic E-state index is 0.497. The number of rotatable bonds is 3. The number of hydrogen-bond donors (Lipinski definition) is 1. The predicted molar refractivity (Wildman–Crippen MR) is 89.1 cm³/mol. The van der Waals surface area contributed by atoms with Gasteiger partial charge in [0.25, 0.3) is 0 Å². The summed E-state index contributed by atoms with van der Waals surface area (Å²) < 4.78 is 2.29.